The summed E-state index contributed by atoms with van der Waals surface area (Å²) in [5.74, 6) is -0.858. The van der Waals surface area contributed by atoms with E-state index >= 15 is 0 Å². The molecule has 0 aromatic heterocycles. The van der Waals surface area contributed by atoms with Gasteiger partial charge in [-0.1, -0.05) is 13.0 Å². The van der Waals surface area contributed by atoms with Gasteiger partial charge in [-0.15, -0.1) is 6.58 Å². The Bertz CT molecular complexity index is 252. The monoisotopic (exact) mass is 229 g/mol. The highest BCUT2D eigenvalue weighted by molar-refractivity contribution is 5.79. The van der Waals surface area contributed by atoms with Crippen LogP contribution in [-0.4, -0.2) is 50.7 Å². The van der Waals surface area contributed by atoms with Crippen molar-refractivity contribution < 1.29 is 19.1 Å². The molecule has 0 aromatic carbocycles. The summed E-state index contributed by atoms with van der Waals surface area (Å²) in [7, 11) is 2.78. The number of esters is 1. The summed E-state index contributed by atoms with van der Waals surface area (Å²) in [5.41, 5.74) is 0. The molecule has 1 unspecified atom stereocenters. The predicted octanol–water partition coefficient (Wildman–Crippen LogP) is 0.456. The Kier molecular flexibility index (Phi) is 7.20. The van der Waals surface area contributed by atoms with Crippen molar-refractivity contribution in [2.45, 2.75) is 6.92 Å². The van der Waals surface area contributed by atoms with E-state index in [1.54, 1.807) is 13.0 Å². The molecule has 0 radical (unpaired) electrons. The topological polar surface area (TPSA) is 55.8 Å². The van der Waals surface area contributed by atoms with Gasteiger partial charge in [-0.3, -0.25) is 9.59 Å². The normalized spacial score (nSPS) is 11.7. The van der Waals surface area contributed by atoms with Crippen molar-refractivity contribution in [3.05, 3.63) is 12.7 Å². The molecule has 0 rings (SSSR count). The molecule has 0 aliphatic carbocycles. The third-order valence-electron chi connectivity index (χ3n) is 2.07. The van der Waals surface area contributed by atoms with Gasteiger partial charge >= 0.3 is 5.97 Å². The molecule has 5 heteroatoms. The Hall–Kier alpha value is -1.36. The number of carbonyl (C=O) groups is 2. The number of amides is 1. The van der Waals surface area contributed by atoms with Crippen molar-refractivity contribution in [2.24, 2.45) is 5.92 Å². The van der Waals surface area contributed by atoms with Gasteiger partial charge in [-0.25, -0.2) is 0 Å². The van der Waals surface area contributed by atoms with Crippen LogP contribution in [0.4, 0.5) is 0 Å². The molecule has 5 nitrogen and oxygen atoms in total. The molecule has 1 atom stereocenters. The summed E-state index contributed by atoms with van der Waals surface area (Å²) < 4.78 is 9.35. The summed E-state index contributed by atoms with van der Waals surface area (Å²) in [5, 5.41) is 0. The summed E-state index contributed by atoms with van der Waals surface area (Å²) in [4.78, 5) is 24.3. The minimum Gasteiger partial charge on any atom is -0.469 e. The summed E-state index contributed by atoms with van der Waals surface area (Å²) in [6.07, 6.45) is 1.61. The van der Waals surface area contributed by atoms with Gasteiger partial charge in [0, 0.05) is 20.2 Å². The highest BCUT2D eigenvalue weighted by Gasteiger charge is 2.20. The zero-order valence-corrected chi connectivity index (χ0v) is 10.1. The van der Waals surface area contributed by atoms with Crippen LogP contribution in [0.2, 0.25) is 0 Å². The maximum Gasteiger partial charge on any atom is 0.310 e. The minimum atomic E-state index is -0.356. The van der Waals surface area contributed by atoms with Crippen LogP contribution in [0.15, 0.2) is 12.7 Å². The van der Waals surface area contributed by atoms with Gasteiger partial charge in [-0.2, -0.15) is 0 Å². The van der Waals surface area contributed by atoms with E-state index in [4.69, 9.17) is 4.74 Å². The smallest absolute Gasteiger partial charge is 0.310 e. The van der Waals surface area contributed by atoms with E-state index < -0.39 is 0 Å². The molecule has 0 saturated heterocycles. The maximum absolute atomic E-state index is 11.6. The number of hydrogen-bond donors (Lipinski definition) is 0. The standard InChI is InChI=1S/C11H19NO4/c1-5-6-12(10(13)8-15-3)7-9(2)11(14)16-4/h5,9H,1,6-8H2,2-4H3. The largest absolute Gasteiger partial charge is 0.469 e. The van der Waals surface area contributed by atoms with Crippen LogP contribution in [0.25, 0.3) is 0 Å². The van der Waals surface area contributed by atoms with Crippen LogP contribution < -0.4 is 0 Å². The van der Waals surface area contributed by atoms with E-state index in [1.807, 2.05) is 0 Å². The first-order valence-electron chi connectivity index (χ1n) is 5.02. The van der Waals surface area contributed by atoms with Crippen molar-refractivity contribution in [3.8, 4) is 0 Å². The second-order valence-electron chi connectivity index (χ2n) is 3.44. The Morgan fingerprint density at radius 1 is 1.44 bits per heavy atom. The molecule has 16 heavy (non-hydrogen) atoms. The molecule has 0 heterocycles. The molecular formula is C11H19NO4. The lowest BCUT2D eigenvalue weighted by Crippen LogP contribution is -2.39. The zero-order chi connectivity index (χ0) is 12.6. The molecule has 0 bridgehead atoms. The average molecular weight is 229 g/mol. The lowest BCUT2D eigenvalue weighted by Gasteiger charge is -2.23. The summed E-state index contributed by atoms with van der Waals surface area (Å²) in [6.45, 7) is 5.98. The van der Waals surface area contributed by atoms with E-state index in [9.17, 15) is 9.59 Å². The minimum absolute atomic E-state index is 0.00172. The highest BCUT2D eigenvalue weighted by Crippen LogP contribution is 2.03. The molecule has 92 valence electrons. The second-order valence-corrected chi connectivity index (χ2v) is 3.44. The van der Waals surface area contributed by atoms with E-state index in [1.165, 1.54) is 19.1 Å². The maximum atomic E-state index is 11.6. The Balaban J connectivity index is 4.37. The lowest BCUT2D eigenvalue weighted by molar-refractivity contribution is -0.146. The van der Waals surface area contributed by atoms with Crippen molar-refractivity contribution in [1.82, 2.24) is 4.90 Å². The Morgan fingerprint density at radius 2 is 2.06 bits per heavy atom. The number of methoxy groups -OCH3 is 2. The van der Waals surface area contributed by atoms with E-state index in [2.05, 4.69) is 11.3 Å². The quantitative estimate of drug-likeness (QED) is 0.470. The van der Waals surface area contributed by atoms with E-state index in [0.29, 0.717) is 13.1 Å². The first-order chi connectivity index (χ1) is 7.56. The third kappa shape index (κ3) is 4.93. The molecule has 1 amide bonds. The van der Waals surface area contributed by atoms with Gasteiger partial charge in [0.2, 0.25) is 5.91 Å². The van der Waals surface area contributed by atoms with Gasteiger partial charge in [0.1, 0.15) is 6.61 Å². The van der Waals surface area contributed by atoms with E-state index in [0.717, 1.165) is 0 Å². The van der Waals surface area contributed by atoms with Crippen LogP contribution >= 0.6 is 0 Å². The van der Waals surface area contributed by atoms with Crippen LogP contribution in [0.5, 0.6) is 0 Å². The van der Waals surface area contributed by atoms with Crippen LogP contribution in [-0.2, 0) is 19.1 Å². The van der Waals surface area contributed by atoms with Crippen molar-refractivity contribution in [3.63, 3.8) is 0 Å². The molecule has 0 saturated carbocycles. The number of carbonyl (C=O) groups excluding carboxylic acids is 2. The van der Waals surface area contributed by atoms with Crippen molar-refractivity contribution >= 4 is 11.9 Å². The first-order valence-corrected chi connectivity index (χ1v) is 5.02. The Labute approximate surface area is 96.0 Å². The fraction of sp³-hybridized carbons (Fsp3) is 0.636. The molecule has 0 fully saturated rings. The fourth-order valence-electron chi connectivity index (χ4n) is 1.26. The molecule has 0 aromatic rings. The second kappa shape index (κ2) is 7.87. The average Bonchev–Trinajstić information content (AvgIpc) is 2.27. The number of ether oxygens (including phenoxy) is 2. The van der Waals surface area contributed by atoms with Gasteiger partial charge in [0.05, 0.1) is 13.0 Å². The van der Waals surface area contributed by atoms with Gasteiger partial charge in [0.15, 0.2) is 0 Å². The van der Waals surface area contributed by atoms with Gasteiger partial charge in [0.25, 0.3) is 0 Å². The third-order valence-corrected chi connectivity index (χ3v) is 2.07. The predicted molar refractivity (Wildman–Crippen MR) is 59.8 cm³/mol. The fourth-order valence-corrected chi connectivity index (χ4v) is 1.26. The molecule has 0 aliphatic heterocycles. The number of rotatable bonds is 7. The lowest BCUT2D eigenvalue weighted by atomic mass is 10.1. The SMILES string of the molecule is C=CCN(CC(C)C(=O)OC)C(=O)COC. The highest BCUT2D eigenvalue weighted by atomic mass is 16.5. The molecule has 0 spiro atoms. The molecular weight excluding hydrogens is 210 g/mol. The molecule has 0 aliphatic rings. The number of nitrogens with zero attached hydrogens (tertiary/aromatic N) is 1. The van der Waals surface area contributed by atoms with Crippen molar-refractivity contribution in [2.75, 3.05) is 33.9 Å². The first kappa shape index (κ1) is 14.6. The van der Waals surface area contributed by atoms with Crippen LogP contribution in [0, 0.1) is 5.92 Å². The number of hydrogen-bond acceptors (Lipinski definition) is 4. The van der Waals surface area contributed by atoms with E-state index in [-0.39, 0.29) is 24.4 Å². The summed E-state index contributed by atoms with van der Waals surface area (Å²) in [6, 6.07) is 0. The molecule has 0 N–H and O–H groups in total. The van der Waals surface area contributed by atoms with Gasteiger partial charge in [-0.05, 0) is 0 Å². The zero-order valence-electron chi connectivity index (χ0n) is 10.1. The van der Waals surface area contributed by atoms with Crippen LogP contribution in [0.1, 0.15) is 6.92 Å². The van der Waals surface area contributed by atoms with Crippen molar-refractivity contribution in [1.29, 1.82) is 0 Å². The Morgan fingerprint density at radius 3 is 2.50 bits per heavy atom. The van der Waals surface area contributed by atoms with Crippen LogP contribution in [0.3, 0.4) is 0 Å². The summed E-state index contributed by atoms with van der Waals surface area (Å²) >= 11 is 0. The van der Waals surface area contributed by atoms with Gasteiger partial charge < -0.3 is 14.4 Å².